The summed E-state index contributed by atoms with van der Waals surface area (Å²) in [5, 5.41) is 3.62. The molecule has 30 heavy (non-hydrogen) atoms. The van der Waals surface area contributed by atoms with Crippen LogP contribution in [0.15, 0.2) is 84.9 Å². The van der Waals surface area contributed by atoms with Gasteiger partial charge in [0.1, 0.15) is 18.3 Å². The molecule has 2 aliphatic rings. The summed E-state index contributed by atoms with van der Waals surface area (Å²) in [6, 6.07) is 29.6. The van der Waals surface area contributed by atoms with E-state index in [4.69, 9.17) is 14.2 Å². The van der Waals surface area contributed by atoms with Gasteiger partial charge < -0.3 is 19.5 Å². The van der Waals surface area contributed by atoms with Gasteiger partial charge in [-0.2, -0.15) is 0 Å². The topological polar surface area (TPSA) is 39.7 Å². The smallest absolute Gasteiger partial charge is 0.114 e. The van der Waals surface area contributed by atoms with E-state index in [0.717, 1.165) is 6.54 Å². The van der Waals surface area contributed by atoms with Crippen LogP contribution in [0, 0.1) is 0 Å². The molecule has 1 N–H and O–H groups in total. The fraction of sp³-hybridized carbons (Fsp3) is 0.308. The minimum atomic E-state index is -0.00726. The Morgan fingerprint density at radius 2 is 1.37 bits per heavy atom. The second-order valence-electron chi connectivity index (χ2n) is 7.98. The van der Waals surface area contributed by atoms with Crippen LogP contribution in [0.3, 0.4) is 0 Å². The lowest BCUT2D eigenvalue weighted by Crippen LogP contribution is -2.41. The van der Waals surface area contributed by atoms with Crippen molar-refractivity contribution in [3.63, 3.8) is 0 Å². The number of hydrogen-bond acceptors (Lipinski definition) is 4. The van der Waals surface area contributed by atoms with Crippen molar-refractivity contribution < 1.29 is 14.2 Å². The normalized spacial score (nSPS) is 25.3. The first kappa shape index (κ1) is 19.5. The van der Waals surface area contributed by atoms with Crippen molar-refractivity contribution in [3.05, 3.63) is 96.1 Å². The molecule has 2 heterocycles. The Balaban J connectivity index is 1.13. The first-order chi connectivity index (χ1) is 14.9. The molecule has 5 rings (SSSR count). The zero-order chi connectivity index (χ0) is 20.2. The Hall–Kier alpha value is -2.50. The van der Waals surface area contributed by atoms with Crippen LogP contribution >= 0.6 is 0 Å². The van der Waals surface area contributed by atoms with Gasteiger partial charge in [-0.05, 0) is 22.3 Å². The lowest BCUT2D eigenvalue weighted by Gasteiger charge is -2.18. The van der Waals surface area contributed by atoms with E-state index in [9.17, 15) is 0 Å². The number of benzene rings is 3. The van der Waals surface area contributed by atoms with Gasteiger partial charge in [-0.25, -0.2) is 0 Å². The summed E-state index contributed by atoms with van der Waals surface area (Å²) in [5.41, 5.74) is 4.91. The summed E-state index contributed by atoms with van der Waals surface area (Å²) in [6.45, 7) is 2.63. The summed E-state index contributed by atoms with van der Waals surface area (Å²) in [6.07, 6.45) is 0.0493. The first-order valence-corrected chi connectivity index (χ1v) is 10.6. The second kappa shape index (κ2) is 9.11. The molecule has 2 saturated heterocycles. The predicted molar refractivity (Wildman–Crippen MR) is 117 cm³/mol. The standard InChI is InChI=1S/C26H27NO3/c1-3-7-20(8-4-1)16-28-24-18-30-25-23(17-29-26(24)25)27-15-19-11-13-22(14-12-19)21-9-5-2-6-10-21/h1-14,23-27H,15-18H2. The summed E-state index contributed by atoms with van der Waals surface area (Å²) < 4.78 is 18.2. The van der Waals surface area contributed by atoms with E-state index in [2.05, 4.69) is 66.0 Å². The number of nitrogens with one attached hydrogen (secondary N) is 1. The van der Waals surface area contributed by atoms with Crippen LogP contribution in [0.5, 0.6) is 0 Å². The van der Waals surface area contributed by atoms with Crippen molar-refractivity contribution in [1.29, 1.82) is 0 Å². The third-order valence-corrected chi connectivity index (χ3v) is 5.94. The first-order valence-electron chi connectivity index (χ1n) is 10.6. The van der Waals surface area contributed by atoms with E-state index in [-0.39, 0.29) is 24.4 Å². The largest absolute Gasteiger partial charge is 0.371 e. The fourth-order valence-corrected chi connectivity index (χ4v) is 4.25. The highest BCUT2D eigenvalue weighted by Crippen LogP contribution is 2.29. The van der Waals surface area contributed by atoms with Gasteiger partial charge in [0.25, 0.3) is 0 Å². The van der Waals surface area contributed by atoms with Gasteiger partial charge in [-0.3, -0.25) is 0 Å². The molecule has 2 aliphatic heterocycles. The van der Waals surface area contributed by atoms with Crippen molar-refractivity contribution in [2.45, 2.75) is 37.5 Å². The zero-order valence-corrected chi connectivity index (χ0v) is 16.9. The maximum absolute atomic E-state index is 6.09. The Kier molecular flexibility index (Phi) is 5.91. The Morgan fingerprint density at radius 3 is 2.13 bits per heavy atom. The van der Waals surface area contributed by atoms with Crippen LogP contribution in [0.1, 0.15) is 11.1 Å². The molecular weight excluding hydrogens is 374 g/mol. The SMILES string of the molecule is c1ccc(COC2COC3C(NCc4ccc(-c5ccccc5)cc4)COC23)cc1. The molecule has 0 spiro atoms. The van der Waals surface area contributed by atoms with Gasteiger partial charge in [-0.15, -0.1) is 0 Å². The molecule has 0 amide bonds. The molecule has 0 saturated carbocycles. The van der Waals surface area contributed by atoms with Crippen LogP contribution < -0.4 is 5.32 Å². The average Bonchev–Trinajstić information content (AvgIpc) is 3.40. The van der Waals surface area contributed by atoms with Gasteiger partial charge in [0, 0.05) is 6.54 Å². The number of rotatable bonds is 7. The molecular formula is C26H27NO3. The van der Waals surface area contributed by atoms with Gasteiger partial charge in [0.2, 0.25) is 0 Å². The summed E-state index contributed by atoms with van der Waals surface area (Å²) in [4.78, 5) is 0. The van der Waals surface area contributed by atoms with Gasteiger partial charge in [0.15, 0.2) is 0 Å². The molecule has 4 heteroatoms. The van der Waals surface area contributed by atoms with Crippen molar-refractivity contribution in [3.8, 4) is 11.1 Å². The number of hydrogen-bond donors (Lipinski definition) is 1. The second-order valence-corrected chi connectivity index (χ2v) is 7.98. The molecule has 0 bridgehead atoms. The summed E-state index contributed by atoms with van der Waals surface area (Å²) in [7, 11) is 0. The molecule has 3 aromatic carbocycles. The number of fused-ring (bicyclic) bond motifs is 1. The van der Waals surface area contributed by atoms with Crippen LogP contribution in [0.25, 0.3) is 11.1 Å². The molecule has 4 unspecified atom stereocenters. The van der Waals surface area contributed by atoms with Gasteiger partial charge in [0.05, 0.1) is 25.9 Å². The summed E-state index contributed by atoms with van der Waals surface area (Å²) >= 11 is 0. The average molecular weight is 402 g/mol. The highest BCUT2D eigenvalue weighted by Gasteiger charge is 2.48. The van der Waals surface area contributed by atoms with E-state index >= 15 is 0 Å². The van der Waals surface area contributed by atoms with E-state index in [0.29, 0.717) is 19.8 Å². The molecule has 2 fully saturated rings. The predicted octanol–water partition coefficient (Wildman–Crippen LogP) is 4.19. The highest BCUT2D eigenvalue weighted by molar-refractivity contribution is 5.63. The van der Waals surface area contributed by atoms with Crippen molar-refractivity contribution >= 4 is 0 Å². The third-order valence-electron chi connectivity index (χ3n) is 5.94. The molecule has 0 aliphatic carbocycles. The van der Waals surface area contributed by atoms with Gasteiger partial charge >= 0.3 is 0 Å². The molecule has 0 radical (unpaired) electrons. The van der Waals surface area contributed by atoms with Crippen LogP contribution in [-0.2, 0) is 27.4 Å². The van der Waals surface area contributed by atoms with E-state index in [1.54, 1.807) is 0 Å². The minimum absolute atomic E-state index is 0.00617. The highest BCUT2D eigenvalue weighted by atomic mass is 16.6. The summed E-state index contributed by atoms with van der Waals surface area (Å²) in [5.74, 6) is 0. The van der Waals surface area contributed by atoms with E-state index in [1.165, 1.54) is 22.3 Å². The third kappa shape index (κ3) is 4.32. The van der Waals surface area contributed by atoms with Crippen LogP contribution in [0.4, 0.5) is 0 Å². The van der Waals surface area contributed by atoms with Crippen LogP contribution in [0.2, 0.25) is 0 Å². The monoisotopic (exact) mass is 401 g/mol. The Bertz CT molecular complexity index is 930. The maximum atomic E-state index is 6.09. The Labute approximate surface area is 177 Å². The molecule has 3 aromatic rings. The maximum Gasteiger partial charge on any atom is 0.114 e. The van der Waals surface area contributed by atoms with Gasteiger partial charge in [-0.1, -0.05) is 84.9 Å². The van der Waals surface area contributed by atoms with E-state index in [1.807, 2.05) is 24.3 Å². The number of ether oxygens (including phenoxy) is 3. The Morgan fingerprint density at radius 1 is 0.700 bits per heavy atom. The molecule has 154 valence electrons. The lowest BCUT2D eigenvalue weighted by molar-refractivity contribution is -0.0393. The van der Waals surface area contributed by atoms with E-state index < -0.39 is 0 Å². The molecule has 0 aromatic heterocycles. The van der Waals surface area contributed by atoms with Crippen LogP contribution in [-0.4, -0.2) is 37.6 Å². The lowest BCUT2D eigenvalue weighted by atomic mass is 10.0. The van der Waals surface area contributed by atoms with Crippen molar-refractivity contribution in [2.24, 2.45) is 0 Å². The van der Waals surface area contributed by atoms with Crippen molar-refractivity contribution in [1.82, 2.24) is 5.32 Å². The molecule has 4 atom stereocenters. The zero-order valence-electron chi connectivity index (χ0n) is 16.9. The minimum Gasteiger partial charge on any atom is -0.371 e. The quantitative estimate of drug-likeness (QED) is 0.644. The molecule has 4 nitrogen and oxygen atoms in total. The fourth-order valence-electron chi connectivity index (χ4n) is 4.25. The van der Waals surface area contributed by atoms with Crippen molar-refractivity contribution in [2.75, 3.05) is 13.2 Å².